The topological polar surface area (TPSA) is 119 Å². The molecular weight excluding hydrogens is 468 g/mol. The van der Waals surface area contributed by atoms with E-state index >= 15 is 0 Å². The number of fused-ring (bicyclic) bond motifs is 1. The van der Waals surface area contributed by atoms with Crippen molar-refractivity contribution in [1.29, 1.82) is 0 Å². The molecule has 0 unspecified atom stereocenters. The summed E-state index contributed by atoms with van der Waals surface area (Å²) in [5.74, 6) is 0.1000. The number of hydrogen-bond donors (Lipinski definition) is 2. The number of aliphatic hydroxyl groups is 1. The molecule has 10 nitrogen and oxygen atoms in total. The second-order valence-electron chi connectivity index (χ2n) is 9.67. The van der Waals surface area contributed by atoms with Gasteiger partial charge in [-0.25, -0.2) is 13.4 Å². The van der Waals surface area contributed by atoms with Gasteiger partial charge in [0.1, 0.15) is 11.5 Å². The van der Waals surface area contributed by atoms with Crippen LogP contribution in [0.15, 0.2) is 30.3 Å². The highest BCUT2D eigenvalue weighted by molar-refractivity contribution is 7.92. The SMILES string of the molecule is CS(=O)(=O)Nc1cc(C(=O)N2CC[C@@H](N3CCc4ccccc4C3)[C@H](O)C2)nc(N2CCCC2)n1. The molecule has 0 radical (unpaired) electrons. The predicted molar refractivity (Wildman–Crippen MR) is 133 cm³/mol. The molecule has 0 aliphatic carbocycles. The van der Waals surface area contributed by atoms with Crippen LogP contribution in [-0.2, 0) is 23.0 Å². The Kier molecular flexibility index (Phi) is 6.65. The van der Waals surface area contributed by atoms with Crippen molar-refractivity contribution in [3.05, 3.63) is 47.2 Å². The number of aromatic nitrogens is 2. The van der Waals surface area contributed by atoms with E-state index in [4.69, 9.17) is 0 Å². The van der Waals surface area contributed by atoms with Crippen molar-refractivity contribution in [2.45, 2.75) is 44.4 Å². The lowest BCUT2D eigenvalue weighted by atomic mass is 9.94. The van der Waals surface area contributed by atoms with Crippen LogP contribution in [-0.4, -0.2) is 90.3 Å². The molecule has 0 bridgehead atoms. The number of rotatable bonds is 5. The highest BCUT2D eigenvalue weighted by atomic mass is 32.2. The van der Waals surface area contributed by atoms with E-state index in [9.17, 15) is 18.3 Å². The van der Waals surface area contributed by atoms with E-state index in [1.807, 2.05) is 11.0 Å². The number of piperidine rings is 1. The number of amides is 1. The molecule has 4 heterocycles. The van der Waals surface area contributed by atoms with Gasteiger partial charge in [-0.2, -0.15) is 4.98 Å². The fourth-order valence-electron chi connectivity index (χ4n) is 5.34. The van der Waals surface area contributed by atoms with Gasteiger partial charge in [-0.15, -0.1) is 0 Å². The highest BCUT2D eigenvalue weighted by Gasteiger charge is 2.36. The monoisotopic (exact) mass is 500 g/mol. The molecule has 3 aliphatic heterocycles. The third-order valence-electron chi connectivity index (χ3n) is 7.08. The lowest BCUT2D eigenvalue weighted by Crippen LogP contribution is -2.56. The van der Waals surface area contributed by atoms with Gasteiger partial charge < -0.3 is 14.9 Å². The van der Waals surface area contributed by atoms with Crippen LogP contribution in [0.5, 0.6) is 0 Å². The fraction of sp³-hybridized carbons (Fsp3) is 0.542. The van der Waals surface area contributed by atoms with Gasteiger partial charge in [0.05, 0.1) is 12.4 Å². The van der Waals surface area contributed by atoms with Gasteiger partial charge in [-0.3, -0.25) is 14.4 Å². The normalized spacial score (nSPS) is 23.3. The summed E-state index contributed by atoms with van der Waals surface area (Å²) in [4.78, 5) is 28.1. The summed E-state index contributed by atoms with van der Waals surface area (Å²) in [5.41, 5.74) is 2.79. The first kappa shape index (κ1) is 24.0. The second-order valence-corrected chi connectivity index (χ2v) is 11.4. The lowest BCUT2D eigenvalue weighted by Gasteiger charge is -2.43. The third kappa shape index (κ3) is 5.41. The molecule has 188 valence electrons. The van der Waals surface area contributed by atoms with Crippen LogP contribution >= 0.6 is 0 Å². The standard InChI is InChI=1S/C24H32N6O4S/c1-35(33,34)27-22-14-19(25-24(26-22)28-10-4-5-11-28)23(32)30-13-9-20(21(31)16-30)29-12-8-17-6-2-3-7-18(17)15-29/h2-3,6-7,14,20-21,31H,4-5,8-13,15-16H2,1H3,(H,25,26,27)/t20-,21-/m1/s1. The van der Waals surface area contributed by atoms with E-state index in [-0.39, 0.29) is 30.0 Å². The minimum atomic E-state index is -3.56. The van der Waals surface area contributed by atoms with E-state index < -0.39 is 16.1 Å². The summed E-state index contributed by atoms with van der Waals surface area (Å²) in [6.45, 7) is 3.92. The number of nitrogens with one attached hydrogen (secondary N) is 1. The highest BCUT2D eigenvalue weighted by Crippen LogP contribution is 2.26. The molecule has 2 N–H and O–H groups in total. The summed E-state index contributed by atoms with van der Waals surface area (Å²) in [6.07, 6.45) is 3.98. The van der Waals surface area contributed by atoms with Crippen LogP contribution < -0.4 is 9.62 Å². The molecule has 35 heavy (non-hydrogen) atoms. The molecule has 2 atom stereocenters. The van der Waals surface area contributed by atoms with Crippen molar-refractivity contribution in [3.8, 4) is 0 Å². The Morgan fingerprint density at radius 2 is 1.83 bits per heavy atom. The molecule has 2 saturated heterocycles. The maximum absolute atomic E-state index is 13.4. The Morgan fingerprint density at radius 3 is 2.54 bits per heavy atom. The number of benzene rings is 1. The Labute approximate surface area is 206 Å². The van der Waals surface area contributed by atoms with Gasteiger partial charge in [-0.1, -0.05) is 24.3 Å². The average molecular weight is 501 g/mol. The molecule has 2 fully saturated rings. The smallest absolute Gasteiger partial charge is 0.272 e. The fourth-order valence-corrected chi connectivity index (χ4v) is 5.82. The summed E-state index contributed by atoms with van der Waals surface area (Å²) >= 11 is 0. The number of anilines is 2. The van der Waals surface area contributed by atoms with Crippen LogP contribution in [0.1, 0.15) is 40.9 Å². The second kappa shape index (κ2) is 9.71. The summed E-state index contributed by atoms with van der Waals surface area (Å²) in [6, 6.07) is 9.78. The van der Waals surface area contributed by atoms with Crippen LogP contribution in [0.4, 0.5) is 11.8 Å². The van der Waals surface area contributed by atoms with Gasteiger partial charge in [0, 0.05) is 51.4 Å². The molecule has 1 aromatic heterocycles. The first-order valence-electron chi connectivity index (χ1n) is 12.2. The van der Waals surface area contributed by atoms with Crippen molar-refractivity contribution in [1.82, 2.24) is 19.8 Å². The largest absolute Gasteiger partial charge is 0.390 e. The van der Waals surface area contributed by atoms with Crippen molar-refractivity contribution >= 4 is 27.7 Å². The molecule has 2 aromatic rings. The first-order chi connectivity index (χ1) is 16.8. The van der Waals surface area contributed by atoms with Crippen molar-refractivity contribution < 1.29 is 18.3 Å². The van der Waals surface area contributed by atoms with Crippen LogP contribution in [0.3, 0.4) is 0 Å². The summed E-state index contributed by atoms with van der Waals surface area (Å²) < 4.78 is 26.0. The predicted octanol–water partition coefficient (Wildman–Crippen LogP) is 1.08. The summed E-state index contributed by atoms with van der Waals surface area (Å²) in [7, 11) is -3.56. The van der Waals surface area contributed by atoms with Gasteiger partial charge in [0.2, 0.25) is 16.0 Å². The lowest BCUT2D eigenvalue weighted by molar-refractivity contribution is -0.0139. The van der Waals surface area contributed by atoms with Crippen molar-refractivity contribution in [2.24, 2.45) is 0 Å². The molecular formula is C24H32N6O4S. The molecule has 0 spiro atoms. The number of hydrogen-bond acceptors (Lipinski definition) is 8. The molecule has 1 aromatic carbocycles. The van der Waals surface area contributed by atoms with E-state index in [0.29, 0.717) is 18.9 Å². The van der Waals surface area contributed by atoms with E-state index in [1.165, 1.54) is 17.2 Å². The molecule has 5 rings (SSSR count). The Bertz CT molecular complexity index is 1200. The number of carbonyl (C=O) groups is 1. The van der Waals surface area contributed by atoms with E-state index in [1.54, 1.807) is 4.90 Å². The number of nitrogens with zero attached hydrogens (tertiary/aromatic N) is 5. The number of likely N-dealkylation sites (tertiary alicyclic amines) is 1. The average Bonchev–Trinajstić information content (AvgIpc) is 3.37. The molecule has 0 saturated carbocycles. The maximum atomic E-state index is 13.4. The van der Waals surface area contributed by atoms with Gasteiger partial charge in [0.25, 0.3) is 5.91 Å². The number of aliphatic hydroxyl groups excluding tert-OH is 1. The quantitative estimate of drug-likeness (QED) is 0.626. The van der Waals surface area contributed by atoms with Crippen LogP contribution in [0, 0.1) is 0 Å². The Morgan fingerprint density at radius 1 is 1.09 bits per heavy atom. The van der Waals surface area contributed by atoms with Gasteiger partial charge in [0.15, 0.2) is 0 Å². The van der Waals surface area contributed by atoms with Gasteiger partial charge >= 0.3 is 0 Å². The Balaban J connectivity index is 1.31. The zero-order valence-electron chi connectivity index (χ0n) is 19.9. The molecule has 3 aliphatic rings. The molecule has 11 heteroatoms. The first-order valence-corrected chi connectivity index (χ1v) is 14.1. The number of carbonyl (C=O) groups excluding carboxylic acids is 1. The van der Waals surface area contributed by atoms with Crippen LogP contribution in [0.2, 0.25) is 0 Å². The minimum absolute atomic E-state index is 0.0135. The Hall–Kier alpha value is -2.76. The zero-order chi connectivity index (χ0) is 24.6. The van der Waals surface area contributed by atoms with Crippen LogP contribution in [0.25, 0.3) is 0 Å². The number of sulfonamides is 1. The zero-order valence-corrected chi connectivity index (χ0v) is 20.7. The summed E-state index contributed by atoms with van der Waals surface area (Å²) in [5, 5.41) is 11.0. The van der Waals surface area contributed by atoms with E-state index in [2.05, 4.69) is 37.8 Å². The number of β-amino-alcohol motifs (C(OH)–C–C–N with tert-alkyl or cyclic N) is 1. The molecule has 1 amide bonds. The van der Waals surface area contributed by atoms with Crippen molar-refractivity contribution in [2.75, 3.05) is 48.6 Å². The van der Waals surface area contributed by atoms with E-state index in [0.717, 1.165) is 51.7 Å². The van der Waals surface area contributed by atoms with Gasteiger partial charge in [-0.05, 0) is 36.8 Å². The third-order valence-corrected chi connectivity index (χ3v) is 7.66. The minimum Gasteiger partial charge on any atom is -0.390 e. The maximum Gasteiger partial charge on any atom is 0.272 e. The van der Waals surface area contributed by atoms with Crippen molar-refractivity contribution in [3.63, 3.8) is 0 Å².